The molecule has 2 aromatic heterocycles. The molecule has 4 rings (SSSR count). The number of hydrogen-bond acceptors (Lipinski definition) is 4. The number of piperazine rings is 1. The quantitative estimate of drug-likeness (QED) is 0.757. The number of nitrogens with zero attached hydrogens (tertiary/aromatic N) is 4. The average Bonchev–Trinajstić information content (AvgIpc) is 3.04. The van der Waals surface area contributed by atoms with Gasteiger partial charge >= 0.3 is 0 Å². The molecule has 3 aromatic rings. The fourth-order valence-corrected chi connectivity index (χ4v) is 2.93. The standard InChI is InChI=1S/C18H19N5/c1-2-6-17-16(5-1)15(13-20-17)14-21-23-11-9-22(10-12-23)18-7-3-4-8-19-18/h1-8,13-14,20H,9-12H2. The molecule has 23 heavy (non-hydrogen) atoms. The molecule has 3 heterocycles. The number of hydrazone groups is 1. The van der Waals surface area contributed by atoms with Crippen LogP contribution in [0.4, 0.5) is 5.82 Å². The number of H-pyrrole nitrogens is 1. The molecule has 0 aliphatic carbocycles. The highest BCUT2D eigenvalue weighted by atomic mass is 15.5. The number of anilines is 1. The zero-order valence-corrected chi connectivity index (χ0v) is 12.9. The Labute approximate surface area is 135 Å². The van der Waals surface area contributed by atoms with Gasteiger partial charge < -0.3 is 9.88 Å². The predicted octanol–water partition coefficient (Wildman–Crippen LogP) is 2.72. The highest BCUT2D eigenvalue weighted by Crippen LogP contribution is 2.16. The van der Waals surface area contributed by atoms with Crippen LogP contribution in [0.2, 0.25) is 0 Å². The third kappa shape index (κ3) is 2.90. The van der Waals surface area contributed by atoms with Crippen LogP contribution in [-0.2, 0) is 0 Å². The molecule has 1 aliphatic heterocycles. The van der Waals surface area contributed by atoms with E-state index in [0.717, 1.165) is 43.1 Å². The zero-order valence-electron chi connectivity index (χ0n) is 12.9. The van der Waals surface area contributed by atoms with Crippen molar-refractivity contribution in [3.05, 3.63) is 60.4 Å². The molecule has 0 saturated carbocycles. The van der Waals surface area contributed by atoms with E-state index in [1.807, 2.05) is 36.8 Å². The number of aromatic nitrogens is 2. The monoisotopic (exact) mass is 305 g/mol. The second-order valence-corrected chi connectivity index (χ2v) is 5.66. The number of pyridine rings is 1. The van der Waals surface area contributed by atoms with Crippen molar-refractivity contribution in [1.82, 2.24) is 15.0 Å². The Kier molecular flexibility index (Phi) is 3.68. The minimum atomic E-state index is 0.912. The molecule has 1 saturated heterocycles. The Morgan fingerprint density at radius 1 is 1.00 bits per heavy atom. The van der Waals surface area contributed by atoms with Crippen molar-refractivity contribution in [2.24, 2.45) is 5.10 Å². The van der Waals surface area contributed by atoms with E-state index in [1.165, 1.54) is 5.39 Å². The number of fused-ring (bicyclic) bond motifs is 1. The molecule has 0 atom stereocenters. The lowest BCUT2D eigenvalue weighted by atomic mass is 10.2. The van der Waals surface area contributed by atoms with Gasteiger partial charge in [-0.3, -0.25) is 5.01 Å². The van der Waals surface area contributed by atoms with Gasteiger partial charge in [0.1, 0.15) is 5.82 Å². The van der Waals surface area contributed by atoms with Gasteiger partial charge in [0.2, 0.25) is 0 Å². The highest BCUT2D eigenvalue weighted by Gasteiger charge is 2.16. The van der Waals surface area contributed by atoms with Crippen LogP contribution >= 0.6 is 0 Å². The minimum Gasteiger partial charge on any atom is -0.361 e. The summed E-state index contributed by atoms with van der Waals surface area (Å²) < 4.78 is 0. The van der Waals surface area contributed by atoms with E-state index >= 15 is 0 Å². The van der Waals surface area contributed by atoms with Gasteiger partial charge in [-0.25, -0.2) is 4.98 Å². The van der Waals surface area contributed by atoms with Gasteiger partial charge in [0.25, 0.3) is 0 Å². The van der Waals surface area contributed by atoms with Crippen LogP contribution in [-0.4, -0.2) is 47.4 Å². The second kappa shape index (κ2) is 6.12. The summed E-state index contributed by atoms with van der Waals surface area (Å²) in [5.41, 5.74) is 2.28. The molecule has 0 unspecified atom stereocenters. The van der Waals surface area contributed by atoms with Crippen molar-refractivity contribution in [3.8, 4) is 0 Å². The molecule has 5 nitrogen and oxygen atoms in total. The van der Waals surface area contributed by atoms with Gasteiger partial charge in [-0.2, -0.15) is 5.10 Å². The Morgan fingerprint density at radius 3 is 2.65 bits per heavy atom. The van der Waals surface area contributed by atoms with Crippen LogP contribution in [0.25, 0.3) is 10.9 Å². The number of aromatic amines is 1. The molecule has 1 fully saturated rings. The van der Waals surface area contributed by atoms with Crippen molar-refractivity contribution < 1.29 is 0 Å². The molecular formula is C18H19N5. The minimum absolute atomic E-state index is 0.912. The molecule has 116 valence electrons. The first-order valence-electron chi connectivity index (χ1n) is 7.91. The molecule has 1 N–H and O–H groups in total. The third-order valence-electron chi connectivity index (χ3n) is 4.21. The molecule has 0 radical (unpaired) electrons. The van der Waals surface area contributed by atoms with Gasteiger partial charge in [0.05, 0.1) is 19.3 Å². The fourth-order valence-electron chi connectivity index (χ4n) is 2.93. The summed E-state index contributed by atoms with van der Waals surface area (Å²) in [6.45, 7) is 3.72. The van der Waals surface area contributed by atoms with E-state index in [-0.39, 0.29) is 0 Å². The lowest BCUT2D eigenvalue weighted by Crippen LogP contribution is -2.44. The zero-order chi connectivity index (χ0) is 15.5. The van der Waals surface area contributed by atoms with E-state index < -0.39 is 0 Å². The van der Waals surface area contributed by atoms with Crippen molar-refractivity contribution in [3.63, 3.8) is 0 Å². The SMILES string of the molecule is C(=NN1CCN(c2ccccn2)CC1)c1c[nH]c2ccccc12. The van der Waals surface area contributed by atoms with E-state index in [9.17, 15) is 0 Å². The maximum absolute atomic E-state index is 4.65. The summed E-state index contributed by atoms with van der Waals surface area (Å²) in [6, 6.07) is 14.3. The second-order valence-electron chi connectivity index (χ2n) is 5.66. The Hall–Kier alpha value is -2.82. The Balaban J connectivity index is 1.41. The number of benzene rings is 1. The van der Waals surface area contributed by atoms with Crippen LogP contribution in [0.5, 0.6) is 0 Å². The molecule has 5 heteroatoms. The average molecular weight is 305 g/mol. The lowest BCUT2D eigenvalue weighted by molar-refractivity contribution is 0.271. The Bertz CT molecular complexity index is 800. The summed E-state index contributed by atoms with van der Waals surface area (Å²) in [7, 11) is 0. The summed E-state index contributed by atoms with van der Waals surface area (Å²) in [6.07, 6.45) is 5.81. The maximum Gasteiger partial charge on any atom is 0.128 e. The molecule has 0 spiro atoms. The van der Waals surface area contributed by atoms with Gasteiger partial charge in [0.15, 0.2) is 0 Å². The first-order valence-corrected chi connectivity index (χ1v) is 7.91. The van der Waals surface area contributed by atoms with Gasteiger partial charge in [-0.15, -0.1) is 0 Å². The van der Waals surface area contributed by atoms with Gasteiger partial charge in [0, 0.05) is 41.9 Å². The largest absolute Gasteiger partial charge is 0.361 e. The van der Waals surface area contributed by atoms with Crippen molar-refractivity contribution in [1.29, 1.82) is 0 Å². The normalized spacial score (nSPS) is 15.7. The van der Waals surface area contributed by atoms with Crippen molar-refractivity contribution >= 4 is 22.9 Å². The molecule has 1 aliphatic rings. The highest BCUT2D eigenvalue weighted by molar-refractivity contribution is 5.98. The van der Waals surface area contributed by atoms with E-state index in [2.05, 4.69) is 49.2 Å². The molecule has 0 bridgehead atoms. The van der Waals surface area contributed by atoms with Crippen molar-refractivity contribution in [2.75, 3.05) is 31.1 Å². The number of nitrogens with one attached hydrogen (secondary N) is 1. The number of para-hydroxylation sites is 1. The molecular weight excluding hydrogens is 286 g/mol. The number of hydrogen-bond donors (Lipinski definition) is 1. The van der Waals surface area contributed by atoms with E-state index in [1.54, 1.807) is 0 Å². The summed E-state index contributed by atoms with van der Waals surface area (Å²) in [5.74, 6) is 1.05. The maximum atomic E-state index is 4.65. The topological polar surface area (TPSA) is 47.5 Å². The van der Waals surface area contributed by atoms with E-state index in [4.69, 9.17) is 0 Å². The van der Waals surface area contributed by atoms with Crippen molar-refractivity contribution in [2.45, 2.75) is 0 Å². The predicted molar refractivity (Wildman–Crippen MR) is 93.9 cm³/mol. The van der Waals surface area contributed by atoms with Crippen LogP contribution in [0.3, 0.4) is 0 Å². The van der Waals surface area contributed by atoms with Gasteiger partial charge in [-0.1, -0.05) is 24.3 Å². The lowest BCUT2D eigenvalue weighted by Gasteiger charge is -2.33. The summed E-state index contributed by atoms with van der Waals surface area (Å²) in [5, 5.41) is 7.98. The van der Waals surface area contributed by atoms with E-state index in [0.29, 0.717) is 0 Å². The smallest absolute Gasteiger partial charge is 0.128 e. The Morgan fingerprint density at radius 2 is 1.83 bits per heavy atom. The molecule has 1 aromatic carbocycles. The first kappa shape index (κ1) is 13.8. The number of rotatable bonds is 3. The molecule has 0 amide bonds. The van der Waals surface area contributed by atoms with Gasteiger partial charge in [-0.05, 0) is 18.2 Å². The van der Waals surface area contributed by atoms with Crippen LogP contribution in [0.1, 0.15) is 5.56 Å². The fraction of sp³-hybridized carbons (Fsp3) is 0.222. The third-order valence-corrected chi connectivity index (χ3v) is 4.21. The summed E-state index contributed by atoms with van der Waals surface area (Å²) >= 11 is 0. The van der Waals surface area contributed by atoms with Crippen LogP contribution < -0.4 is 4.90 Å². The van der Waals surface area contributed by atoms with Crippen LogP contribution in [0.15, 0.2) is 60.0 Å². The summed E-state index contributed by atoms with van der Waals surface area (Å²) in [4.78, 5) is 9.99. The first-order chi connectivity index (χ1) is 11.4. The van der Waals surface area contributed by atoms with Crippen LogP contribution in [0, 0.1) is 0 Å².